The largest absolute Gasteiger partial charge is 0.322 e. The van der Waals surface area contributed by atoms with Gasteiger partial charge in [-0.2, -0.15) is 0 Å². The van der Waals surface area contributed by atoms with E-state index < -0.39 is 0 Å². The molecule has 1 aliphatic rings. The summed E-state index contributed by atoms with van der Waals surface area (Å²) in [4.78, 5) is 4.72. The number of rotatable bonds is 5. The molecule has 2 atom stereocenters. The minimum absolute atomic E-state index is 0.105. The van der Waals surface area contributed by atoms with Gasteiger partial charge in [0, 0.05) is 6.04 Å². The van der Waals surface area contributed by atoms with E-state index in [0.29, 0.717) is 6.04 Å². The maximum absolute atomic E-state index is 6.43. The topological polar surface area (TPSA) is 17.8 Å². The Hall–Kier alpha value is -0.730. The van der Waals surface area contributed by atoms with Gasteiger partial charge in [-0.05, 0) is 37.8 Å². The maximum atomic E-state index is 6.43. The summed E-state index contributed by atoms with van der Waals surface area (Å²) < 4.78 is 2.30. The summed E-state index contributed by atoms with van der Waals surface area (Å²) in [5, 5.41) is 0.666. The van der Waals surface area contributed by atoms with Crippen LogP contribution in [0, 0.1) is 5.92 Å². The first-order valence-corrected chi connectivity index (χ1v) is 8.23. The van der Waals surface area contributed by atoms with E-state index >= 15 is 0 Å². The Kier molecular flexibility index (Phi) is 3.96. The first-order valence-electron chi connectivity index (χ1n) is 7.42. The minimum atomic E-state index is -0.105. The third-order valence-electron chi connectivity index (χ3n) is 4.18. The SMILES string of the molecule is CCC(CC1CC1)n1c(C(C)Cl)nc2cccc(Cl)c21. The molecular weight excluding hydrogens is 291 g/mol. The van der Waals surface area contributed by atoms with E-state index in [1.165, 1.54) is 19.3 Å². The summed E-state index contributed by atoms with van der Waals surface area (Å²) in [6.07, 6.45) is 5.03. The van der Waals surface area contributed by atoms with E-state index in [9.17, 15) is 0 Å². The predicted molar refractivity (Wildman–Crippen MR) is 85.7 cm³/mol. The number of halogens is 2. The van der Waals surface area contributed by atoms with E-state index in [0.717, 1.165) is 34.2 Å². The van der Waals surface area contributed by atoms with E-state index in [2.05, 4.69) is 11.5 Å². The van der Waals surface area contributed by atoms with Crippen molar-refractivity contribution in [2.45, 2.75) is 50.9 Å². The average Bonchev–Trinajstić information content (AvgIpc) is 3.14. The Labute approximate surface area is 130 Å². The molecule has 0 saturated heterocycles. The van der Waals surface area contributed by atoms with Gasteiger partial charge < -0.3 is 4.57 Å². The second-order valence-electron chi connectivity index (χ2n) is 5.80. The fraction of sp³-hybridized carbons (Fsp3) is 0.562. The van der Waals surface area contributed by atoms with Crippen LogP contribution in [-0.4, -0.2) is 9.55 Å². The average molecular weight is 311 g/mol. The van der Waals surface area contributed by atoms with Crippen molar-refractivity contribution in [1.29, 1.82) is 0 Å². The van der Waals surface area contributed by atoms with E-state index in [-0.39, 0.29) is 5.38 Å². The molecule has 4 heteroatoms. The Morgan fingerprint density at radius 2 is 2.15 bits per heavy atom. The lowest BCUT2D eigenvalue weighted by molar-refractivity contribution is 0.425. The van der Waals surface area contributed by atoms with Crippen molar-refractivity contribution in [2.75, 3.05) is 0 Å². The first-order chi connectivity index (χ1) is 9.61. The molecule has 1 aliphatic carbocycles. The molecule has 2 nitrogen and oxygen atoms in total. The second kappa shape index (κ2) is 5.57. The van der Waals surface area contributed by atoms with Crippen molar-refractivity contribution in [1.82, 2.24) is 9.55 Å². The Morgan fingerprint density at radius 3 is 2.75 bits per heavy atom. The molecule has 2 unspecified atom stereocenters. The zero-order chi connectivity index (χ0) is 14.3. The number of aromatic nitrogens is 2. The highest BCUT2D eigenvalue weighted by atomic mass is 35.5. The summed E-state index contributed by atoms with van der Waals surface area (Å²) in [7, 11) is 0. The van der Waals surface area contributed by atoms with E-state index in [1.54, 1.807) is 0 Å². The number of para-hydroxylation sites is 1. The highest BCUT2D eigenvalue weighted by Gasteiger charge is 2.29. The van der Waals surface area contributed by atoms with Crippen molar-refractivity contribution >= 4 is 34.2 Å². The van der Waals surface area contributed by atoms with Crippen LogP contribution in [0.15, 0.2) is 18.2 Å². The van der Waals surface area contributed by atoms with Crippen LogP contribution in [0.1, 0.15) is 56.8 Å². The zero-order valence-electron chi connectivity index (χ0n) is 11.9. The smallest absolute Gasteiger partial charge is 0.128 e. The predicted octanol–water partition coefficient (Wildman–Crippen LogP) is 5.74. The maximum Gasteiger partial charge on any atom is 0.128 e. The van der Waals surface area contributed by atoms with Gasteiger partial charge in [0.2, 0.25) is 0 Å². The van der Waals surface area contributed by atoms with Gasteiger partial charge in [0.25, 0.3) is 0 Å². The van der Waals surface area contributed by atoms with Gasteiger partial charge in [-0.1, -0.05) is 37.4 Å². The van der Waals surface area contributed by atoms with Crippen molar-refractivity contribution in [3.63, 3.8) is 0 Å². The van der Waals surface area contributed by atoms with Crippen molar-refractivity contribution in [2.24, 2.45) is 5.92 Å². The Morgan fingerprint density at radius 1 is 1.40 bits per heavy atom. The minimum Gasteiger partial charge on any atom is -0.322 e. The highest BCUT2D eigenvalue weighted by Crippen LogP contribution is 2.41. The van der Waals surface area contributed by atoms with Gasteiger partial charge in [0.05, 0.1) is 21.4 Å². The van der Waals surface area contributed by atoms with Crippen LogP contribution in [0.4, 0.5) is 0 Å². The quantitative estimate of drug-likeness (QED) is 0.644. The highest BCUT2D eigenvalue weighted by molar-refractivity contribution is 6.35. The van der Waals surface area contributed by atoms with Crippen LogP contribution in [-0.2, 0) is 0 Å². The molecular formula is C16H20Cl2N2. The summed E-state index contributed by atoms with van der Waals surface area (Å²) in [5.74, 6) is 1.82. The Bertz CT molecular complexity index is 614. The number of hydrogen-bond acceptors (Lipinski definition) is 1. The molecule has 1 aromatic carbocycles. The fourth-order valence-electron chi connectivity index (χ4n) is 2.97. The normalized spacial score (nSPS) is 18.4. The number of imidazole rings is 1. The molecule has 0 amide bonds. The molecule has 0 N–H and O–H groups in total. The molecule has 0 spiro atoms. The lowest BCUT2D eigenvalue weighted by Crippen LogP contribution is -2.13. The van der Waals surface area contributed by atoms with Gasteiger partial charge >= 0.3 is 0 Å². The monoisotopic (exact) mass is 310 g/mol. The van der Waals surface area contributed by atoms with Crippen LogP contribution >= 0.6 is 23.2 Å². The van der Waals surface area contributed by atoms with Crippen LogP contribution in [0.25, 0.3) is 11.0 Å². The molecule has 1 fully saturated rings. The summed E-state index contributed by atoms with van der Waals surface area (Å²) in [6, 6.07) is 6.36. The zero-order valence-corrected chi connectivity index (χ0v) is 13.5. The van der Waals surface area contributed by atoms with Gasteiger partial charge in [-0.15, -0.1) is 11.6 Å². The fourth-order valence-corrected chi connectivity index (χ4v) is 3.38. The molecule has 0 radical (unpaired) electrons. The molecule has 1 saturated carbocycles. The second-order valence-corrected chi connectivity index (χ2v) is 6.87. The van der Waals surface area contributed by atoms with E-state index in [1.807, 2.05) is 25.1 Å². The van der Waals surface area contributed by atoms with Crippen molar-refractivity contribution in [3.8, 4) is 0 Å². The van der Waals surface area contributed by atoms with Crippen LogP contribution < -0.4 is 0 Å². The molecule has 3 rings (SSSR count). The van der Waals surface area contributed by atoms with Crippen LogP contribution in [0.5, 0.6) is 0 Å². The molecule has 20 heavy (non-hydrogen) atoms. The molecule has 1 heterocycles. The first kappa shape index (κ1) is 14.2. The number of fused-ring (bicyclic) bond motifs is 1. The van der Waals surface area contributed by atoms with Gasteiger partial charge in [-0.25, -0.2) is 4.98 Å². The lowest BCUT2D eigenvalue weighted by atomic mass is 10.1. The van der Waals surface area contributed by atoms with Gasteiger partial charge in [0.1, 0.15) is 5.82 Å². The summed E-state index contributed by atoms with van der Waals surface area (Å²) in [6.45, 7) is 4.22. The third-order valence-corrected chi connectivity index (χ3v) is 4.68. The molecule has 108 valence electrons. The van der Waals surface area contributed by atoms with Crippen molar-refractivity contribution < 1.29 is 0 Å². The van der Waals surface area contributed by atoms with Crippen molar-refractivity contribution in [3.05, 3.63) is 29.0 Å². The van der Waals surface area contributed by atoms with E-state index in [4.69, 9.17) is 28.2 Å². The third kappa shape index (κ3) is 2.56. The van der Waals surface area contributed by atoms with Gasteiger partial charge in [-0.3, -0.25) is 0 Å². The Balaban J connectivity index is 2.15. The molecule has 1 aromatic heterocycles. The number of hydrogen-bond donors (Lipinski definition) is 0. The standard InChI is InChI=1S/C16H20Cl2N2/c1-3-12(9-11-7-8-11)20-15-13(18)5-4-6-14(15)19-16(20)10(2)17/h4-6,10-12H,3,7-9H2,1-2H3. The summed E-state index contributed by atoms with van der Waals surface area (Å²) in [5.41, 5.74) is 2.00. The molecule has 2 aromatic rings. The number of benzene rings is 1. The number of alkyl halides is 1. The van der Waals surface area contributed by atoms with Crippen LogP contribution in [0.3, 0.4) is 0 Å². The van der Waals surface area contributed by atoms with Crippen LogP contribution in [0.2, 0.25) is 5.02 Å². The summed E-state index contributed by atoms with van der Waals surface area (Å²) >= 11 is 12.8. The lowest BCUT2D eigenvalue weighted by Gasteiger charge is -2.21. The van der Waals surface area contributed by atoms with Gasteiger partial charge in [0.15, 0.2) is 0 Å². The number of nitrogens with zero attached hydrogens (tertiary/aromatic N) is 2. The molecule has 0 aliphatic heterocycles. The molecule has 0 bridgehead atoms.